The Morgan fingerprint density at radius 2 is 1.68 bits per heavy atom. The summed E-state index contributed by atoms with van der Waals surface area (Å²) in [5, 5.41) is 11.9. The van der Waals surface area contributed by atoms with Crippen molar-refractivity contribution in [3.8, 4) is 28.1 Å². The molecule has 2 aromatic carbocycles. The van der Waals surface area contributed by atoms with Gasteiger partial charge in [-0.15, -0.1) is 0 Å². The van der Waals surface area contributed by atoms with Crippen molar-refractivity contribution in [2.75, 3.05) is 25.2 Å². The van der Waals surface area contributed by atoms with Crippen LogP contribution in [0.15, 0.2) is 59.6 Å². The fourth-order valence-electron chi connectivity index (χ4n) is 2.97. The Morgan fingerprint density at radius 3 is 2.25 bits per heavy atom. The number of nitrogens with one attached hydrogen (secondary N) is 1. The highest BCUT2D eigenvalue weighted by molar-refractivity contribution is 5.75. The first-order valence-electron chi connectivity index (χ1n) is 9.03. The van der Waals surface area contributed by atoms with Crippen molar-refractivity contribution in [2.45, 2.75) is 6.92 Å². The van der Waals surface area contributed by atoms with E-state index in [-0.39, 0.29) is 6.73 Å². The first kappa shape index (κ1) is 19.5. The number of nitrogens with two attached hydrogens (primary N) is 1. The highest BCUT2D eigenvalue weighted by Gasteiger charge is 2.10. The quantitative estimate of drug-likeness (QED) is 0.411. The van der Waals surface area contributed by atoms with E-state index in [4.69, 9.17) is 15.6 Å². The summed E-state index contributed by atoms with van der Waals surface area (Å²) in [6, 6.07) is 18.1. The number of aliphatic imine (C=N–C) groups is 1. The lowest BCUT2D eigenvalue weighted by molar-refractivity contribution is 0.325. The van der Waals surface area contributed by atoms with Gasteiger partial charge < -0.3 is 20.9 Å². The van der Waals surface area contributed by atoms with Crippen molar-refractivity contribution in [2.24, 2.45) is 10.7 Å². The smallest absolute Gasteiger partial charge is 0.175 e. The SMILES string of the molecule is C=Nc1nc(-c2ccc(-c3ccc(OCCN)cc3)cc2)c(C)cc1NCO. The van der Waals surface area contributed by atoms with Gasteiger partial charge in [0.15, 0.2) is 5.82 Å². The third-order valence-electron chi connectivity index (χ3n) is 4.34. The Morgan fingerprint density at radius 1 is 1.07 bits per heavy atom. The lowest BCUT2D eigenvalue weighted by Crippen LogP contribution is -2.10. The van der Waals surface area contributed by atoms with Crippen LogP contribution in [0.1, 0.15) is 5.56 Å². The summed E-state index contributed by atoms with van der Waals surface area (Å²) in [7, 11) is 0. The molecule has 0 amide bonds. The molecule has 144 valence electrons. The summed E-state index contributed by atoms with van der Waals surface area (Å²) >= 11 is 0. The highest BCUT2D eigenvalue weighted by Crippen LogP contribution is 2.32. The van der Waals surface area contributed by atoms with E-state index in [1.54, 1.807) is 0 Å². The average Bonchev–Trinajstić information content (AvgIpc) is 2.73. The molecule has 0 radical (unpaired) electrons. The van der Waals surface area contributed by atoms with Gasteiger partial charge in [0.05, 0.1) is 11.4 Å². The van der Waals surface area contributed by atoms with Crippen LogP contribution in [-0.4, -0.2) is 36.7 Å². The molecular weight excluding hydrogens is 352 g/mol. The van der Waals surface area contributed by atoms with Crippen LogP contribution in [0.4, 0.5) is 11.5 Å². The van der Waals surface area contributed by atoms with Gasteiger partial charge >= 0.3 is 0 Å². The average molecular weight is 376 g/mol. The molecule has 1 heterocycles. The molecule has 0 aliphatic carbocycles. The van der Waals surface area contributed by atoms with Gasteiger partial charge in [0.1, 0.15) is 19.1 Å². The molecule has 3 aromatic rings. The van der Waals surface area contributed by atoms with Crippen LogP contribution in [-0.2, 0) is 0 Å². The molecule has 4 N–H and O–H groups in total. The molecule has 6 nitrogen and oxygen atoms in total. The van der Waals surface area contributed by atoms with Crippen LogP contribution in [0.5, 0.6) is 5.75 Å². The Balaban J connectivity index is 1.85. The summed E-state index contributed by atoms with van der Waals surface area (Å²) in [5.41, 5.74) is 11.1. The number of aliphatic hydroxyl groups excluding tert-OH is 1. The largest absolute Gasteiger partial charge is 0.492 e. The molecule has 0 aliphatic heterocycles. The number of benzene rings is 2. The van der Waals surface area contributed by atoms with Gasteiger partial charge in [-0.05, 0) is 48.5 Å². The van der Waals surface area contributed by atoms with E-state index in [1.807, 2.05) is 49.4 Å². The second-order valence-corrected chi connectivity index (χ2v) is 6.26. The lowest BCUT2D eigenvalue weighted by atomic mass is 10.0. The molecule has 0 unspecified atom stereocenters. The summed E-state index contributed by atoms with van der Waals surface area (Å²) in [4.78, 5) is 8.55. The third-order valence-corrected chi connectivity index (χ3v) is 4.34. The molecule has 0 saturated carbocycles. The maximum absolute atomic E-state index is 9.10. The van der Waals surface area contributed by atoms with Crippen LogP contribution in [0, 0.1) is 6.92 Å². The number of rotatable bonds is 8. The first-order chi connectivity index (χ1) is 13.7. The van der Waals surface area contributed by atoms with E-state index < -0.39 is 0 Å². The van der Waals surface area contributed by atoms with Gasteiger partial charge in [0.25, 0.3) is 0 Å². The molecule has 0 saturated heterocycles. The second kappa shape index (κ2) is 9.12. The summed E-state index contributed by atoms with van der Waals surface area (Å²) in [6.07, 6.45) is 0. The van der Waals surface area contributed by atoms with Gasteiger partial charge in [0.2, 0.25) is 0 Å². The Kier molecular flexibility index (Phi) is 6.37. The van der Waals surface area contributed by atoms with Crippen molar-refractivity contribution in [1.29, 1.82) is 0 Å². The number of aromatic nitrogens is 1. The van der Waals surface area contributed by atoms with Crippen LogP contribution < -0.4 is 15.8 Å². The Labute approximate surface area is 164 Å². The number of hydrogen-bond donors (Lipinski definition) is 3. The number of ether oxygens (including phenoxy) is 1. The molecule has 0 fully saturated rings. The minimum absolute atomic E-state index is 0.187. The van der Waals surface area contributed by atoms with Crippen molar-refractivity contribution in [3.63, 3.8) is 0 Å². The van der Waals surface area contributed by atoms with Crippen molar-refractivity contribution < 1.29 is 9.84 Å². The van der Waals surface area contributed by atoms with Crippen molar-refractivity contribution in [3.05, 3.63) is 60.2 Å². The molecule has 0 spiro atoms. The topological polar surface area (TPSA) is 92.8 Å². The molecule has 6 heteroatoms. The molecule has 1 aromatic heterocycles. The zero-order chi connectivity index (χ0) is 19.9. The number of aryl methyl sites for hydroxylation is 1. The van der Waals surface area contributed by atoms with E-state index in [1.165, 1.54) is 0 Å². The number of hydrogen-bond acceptors (Lipinski definition) is 6. The monoisotopic (exact) mass is 376 g/mol. The van der Waals surface area contributed by atoms with Crippen molar-refractivity contribution >= 4 is 18.2 Å². The van der Waals surface area contributed by atoms with Gasteiger partial charge in [-0.2, -0.15) is 0 Å². The predicted octanol–water partition coefficient (Wildman–Crippen LogP) is 3.76. The van der Waals surface area contributed by atoms with E-state index in [0.717, 1.165) is 33.7 Å². The molecule has 0 bridgehead atoms. The Bertz CT molecular complexity index is 938. The summed E-state index contributed by atoms with van der Waals surface area (Å²) in [5.74, 6) is 1.28. The zero-order valence-corrected chi connectivity index (χ0v) is 15.9. The van der Waals surface area contributed by atoms with Gasteiger partial charge in [0, 0.05) is 12.1 Å². The van der Waals surface area contributed by atoms with Gasteiger partial charge in [-0.25, -0.2) is 9.98 Å². The van der Waals surface area contributed by atoms with E-state index in [9.17, 15) is 0 Å². The molecule has 0 aliphatic rings. The summed E-state index contributed by atoms with van der Waals surface area (Å²) < 4.78 is 5.52. The standard InChI is InChI=1S/C22H24N4O2/c1-15-13-20(25-14-27)22(24-2)26-21(15)18-5-3-16(4-6-18)17-7-9-19(10-8-17)28-12-11-23/h3-10,13,25,27H,2,11-12,14,23H2,1H3. The fourth-order valence-corrected chi connectivity index (χ4v) is 2.97. The van der Waals surface area contributed by atoms with Gasteiger partial charge in [-0.3, -0.25) is 0 Å². The molecule has 3 rings (SSSR count). The predicted molar refractivity (Wildman–Crippen MR) is 114 cm³/mol. The van der Waals surface area contributed by atoms with Crippen LogP contribution in [0.25, 0.3) is 22.4 Å². The number of nitrogens with zero attached hydrogens (tertiary/aromatic N) is 2. The summed E-state index contributed by atoms with van der Waals surface area (Å²) in [6.45, 7) is 6.36. The maximum Gasteiger partial charge on any atom is 0.175 e. The second-order valence-electron chi connectivity index (χ2n) is 6.26. The van der Waals surface area contributed by atoms with E-state index in [2.05, 4.69) is 34.1 Å². The third kappa shape index (κ3) is 4.36. The minimum Gasteiger partial charge on any atom is -0.492 e. The lowest BCUT2D eigenvalue weighted by Gasteiger charge is -2.12. The van der Waals surface area contributed by atoms with Gasteiger partial charge in [-0.1, -0.05) is 36.4 Å². The number of anilines is 1. The number of pyridine rings is 1. The van der Waals surface area contributed by atoms with E-state index >= 15 is 0 Å². The minimum atomic E-state index is -0.187. The Hall–Kier alpha value is -3.22. The highest BCUT2D eigenvalue weighted by atomic mass is 16.5. The number of aliphatic hydroxyl groups is 1. The molecule has 28 heavy (non-hydrogen) atoms. The maximum atomic E-state index is 9.10. The van der Waals surface area contributed by atoms with Crippen LogP contribution >= 0.6 is 0 Å². The molecular formula is C22H24N4O2. The first-order valence-corrected chi connectivity index (χ1v) is 9.03. The van der Waals surface area contributed by atoms with E-state index in [0.29, 0.717) is 24.7 Å². The van der Waals surface area contributed by atoms with Crippen LogP contribution in [0.3, 0.4) is 0 Å². The fraction of sp³-hybridized carbons (Fsp3) is 0.182. The molecule has 0 atom stereocenters. The normalized spacial score (nSPS) is 10.5. The van der Waals surface area contributed by atoms with Crippen LogP contribution in [0.2, 0.25) is 0 Å². The van der Waals surface area contributed by atoms with Crippen molar-refractivity contribution in [1.82, 2.24) is 4.98 Å². The zero-order valence-electron chi connectivity index (χ0n) is 15.9.